The van der Waals surface area contributed by atoms with Crippen molar-refractivity contribution in [2.75, 3.05) is 19.6 Å². The van der Waals surface area contributed by atoms with E-state index in [9.17, 15) is 5.26 Å². The molecule has 0 saturated carbocycles. The van der Waals surface area contributed by atoms with E-state index in [4.69, 9.17) is 0 Å². The van der Waals surface area contributed by atoms with Gasteiger partial charge < -0.3 is 0 Å². The van der Waals surface area contributed by atoms with E-state index in [2.05, 4.69) is 100 Å². The molecule has 0 fully saturated rings. The lowest BCUT2D eigenvalue weighted by Gasteiger charge is -2.30. The van der Waals surface area contributed by atoms with Crippen molar-refractivity contribution in [2.24, 2.45) is 0 Å². The largest absolute Gasteiger partial charge is 0.296 e. The topological polar surface area (TPSA) is 27.0 Å². The predicted molar refractivity (Wildman–Crippen MR) is 121 cm³/mol. The summed E-state index contributed by atoms with van der Waals surface area (Å²) >= 11 is 0. The summed E-state index contributed by atoms with van der Waals surface area (Å²) in [6, 6.07) is 17.5. The van der Waals surface area contributed by atoms with E-state index in [0.29, 0.717) is 0 Å². The fourth-order valence-corrected chi connectivity index (χ4v) is 3.57. The first kappa shape index (κ1) is 21.9. The van der Waals surface area contributed by atoms with Gasteiger partial charge in [0.15, 0.2) is 0 Å². The number of nitrogens with zero attached hydrogens (tertiary/aromatic N) is 2. The second-order valence-corrected chi connectivity index (χ2v) is 8.15. The van der Waals surface area contributed by atoms with Gasteiger partial charge in [0.1, 0.15) is 0 Å². The van der Waals surface area contributed by atoms with Crippen LogP contribution in [-0.2, 0) is 5.41 Å². The quantitative estimate of drug-likeness (QED) is 0.460. The van der Waals surface area contributed by atoms with Crippen LogP contribution in [0.2, 0.25) is 0 Å². The Bertz CT molecular complexity index is 851. The van der Waals surface area contributed by atoms with Crippen molar-refractivity contribution in [3.63, 3.8) is 0 Å². The fraction of sp³-hybridized carbons (Fsp3) is 0.423. The van der Waals surface area contributed by atoms with Gasteiger partial charge in [0.25, 0.3) is 0 Å². The summed E-state index contributed by atoms with van der Waals surface area (Å²) in [4.78, 5) is 2.44. The van der Waals surface area contributed by atoms with Gasteiger partial charge >= 0.3 is 0 Å². The molecule has 2 nitrogen and oxygen atoms in total. The lowest BCUT2D eigenvalue weighted by molar-refractivity contribution is 0.297. The first-order valence-corrected chi connectivity index (χ1v) is 10.3. The maximum Gasteiger partial charge on any atom is 0.0837 e. The molecule has 1 atom stereocenters. The molecule has 2 aromatic rings. The van der Waals surface area contributed by atoms with E-state index in [1.54, 1.807) is 0 Å². The zero-order valence-corrected chi connectivity index (χ0v) is 18.1. The van der Waals surface area contributed by atoms with Crippen LogP contribution in [0.4, 0.5) is 0 Å². The normalized spacial score (nSPS) is 13.0. The predicted octanol–water partition coefficient (Wildman–Crippen LogP) is 6.64. The molecule has 0 bridgehead atoms. The summed E-state index contributed by atoms with van der Waals surface area (Å²) in [7, 11) is 0. The molecular formula is C26H34N2. The van der Waals surface area contributed by atoms with Gasteiger partial charge in [0, 0.05) is 19.6 Å². The third kappa shape index (κ3) is 5.57. The van der Waals surface area contributed by atoms with Crippen LogP contribution in [0.5, 0.6) is 0 Å². The van der Waals surface area contributed by atoms with Gasteiger partial charge in [0.05, 0.1) is 11.5 Å². The summed E-state index contributed by atoms with van der Waals surface area (Å²) in [5.41, 5.74) is 3.37. The number of benzene rings is 2. The van der Waals surface area contributed by atoms with E-state index >= 15 is 0 Å². The molecule has 0 heterocycles. The van der Waals surface area contributed by atoms with Crippen LogP contribution in [0, 0.1) is 11.3 Å². The average Bonchev–Trinajstić information content (AvgIpc) is 2.70. The molecule has 2 heteroatoms. The molecule has 0 N–H and O–H groups in total. The molecule has 0 spiro atoms. The SMILES string of the molecule is CCC(C#N)(CCN(CC=C(C)C)CC=C(C)C)c1cccc2ccccc12. The van der Waals surface area contributed by atoms with Gasteiger partial charge in [-0.2, -0.15) is 5.26 Å². The van der Waals surface area contributed by atoms with Crippen LogP contribution < -0.4 is 0 Å². The summed E-state index contributed by atoms with van der Waals surface area (Å²) in [5.74, 6) is 0. The maximum absolute atomic E-state index is 10.2. The van der Waals surface area contributed by atoms with Crippen molar-refractivity contribution in [1.82, 2.24) is 4.90 Å². The Morgan fingerprint density at radius 3 is 2.14 bits per heavy atom. The highest BCUT2D eigenvalue weighted by molar-refractivity contribution is 5.87. The van der Waals surface area contributed by atoms with Gasteiger partial charge in [-0.1, -0.05) is 72.7 Å². The van der Waals surface area contributed by atoms with Gasteiger partial charge in [0.2, 0.25) is 0 Å². The average molecular weight is 375 g/mol. The Morgan fingerprint density at radius 2 is 1.57 bits per heavy atom. The summed E-state index contributed by atoms with van der Waals surface area (Å²) in [6.07, 6.45) is 6.20. The highest BCUT2D eigenvalue weighted by Crippen LogP contribution is 2.36. The second-order valence-electron chi connectivity index (χ2n) is 8.15. The van der Waals surface area contributed by atoms with Crippen molar-refractivity contribution in [1.29, 1.82) is 5.26 Å². The number of rotatable bonds is 9. The standard InChI is InChI=1S/C26H34N2/c1-6-26(20-27,25-13-9-11-23-10-7-8-12-24(23)25)16-19-28(17-14-21(2)3)18-15-22(4)5/h7-15H,6,16-19H2,1-5H3. The minimum absolute atomic E-state index is 0.463. The Balaban J connectivity index is 2.32. The van der Waals surface area contributed by atoms with Crippen molar-refractivity contribution < 1.29 is 0 Å². The third-order valence-corrected chi connectivity index (χ3v) is 5.49. The monoisotopic (exact) mass is 374 g/mol. The van der Waals surface area contributed by atoms with Crippen LogP contribution in [0.1, 0.15) is 53.0 Å². The Morgan fingerprint density at radius 1 is 0.964 bits per heavy atom. The van der Waals surface area contributed by atoms with Crippen molar-refractivity contribution in [3.8, 4) is 6.07 Å². The smallest absolute Gasteiger partial charge is 0.0837 e. The van der Waals surface area contributed by atoms with Crippen molar-refractivity contribution in [3.05, 3.63) is 71.3 Å². The lowest BCUT2D eigenvalue weighted by atomic mass is 9.74. The molecule has 148 valence electrons. The molecule has 0 amide bonds. The number of allylic oxidation sites excluding steroid dienone is 2. The molecule has 0 saturated heterocycles. The fourth-order valence-electron chi connectivity index (χ4n) is 3.57. The van der Waals surface area contributed by atoms with E-state index in [1.165, 1.54) is 27.5 Å². The molecule has 28 heavy (non-hydrogen) atoms. The number of fused-ring (bicyclic) bond motifs is 1. The minimum atomic E-state index is -0.463. The first-order valence-electron chi connectivity index (χ1n) is 10.3. The number of nitriles is 1. The molecule has 0 aliphatic carbocycles. The molecule has 2 rings (SSSR count). The number of hydrogen-bond acceptors (Lipinski definition) is 2. The van der Waals surface area contributed by atoms with E-state index in [1.807, 2.05) is 0 Å². The van der Waals surface area contributed by atoms with Gasteiger partial charge in [-0.25, -0.2) is 0 Å². The Kier molecular flexibility index (Phi) is 8.03. The van der Waals surface area contributed by atoms with Crippen LogP contribution in [0.25, 0.3) is 10.8 Å². The summed E-state index contributed by atoms with van der Waals surface area (Å²) in [6.45, 7) is 13.4. The van der Waals surface area contributed by atoms with E-state index in [-0.39, 0.29) is 0 Å². The lowest BCUT2D eigenvalue weighted by Crippen LogP contribution is -2.33. The molecule has 2 aromatic carbocycles. The number of hydrogen-bond donors (Lipinski definition) is 0. The highest BCUT2D eigenvalue weighted by Gasteiger charge is 2.32. The van der Waals surface area contributed by atoms with E-state index < -0.39 is 5.41 Å². The molecule has 0 aliphatic rings. The van der Waals surface area contributed by atoms with Crippen LogP contribution in [0.15, 0.2) is 65.8 Å². The van der Waals surface area contributed by atoms with Crippen LogP contribution in [-0.4, -0.2) is 24.5 Å². The van der Waals surface area contributed by atoms with Gasteiger partial charge in [-0.15, -0.1) is 0 Å². The highest BCUT2D eigenvalue weighted by atomic mass is 15.1. The van der Waals surface area contributed by atoms with Crippen molar-refractivity contribution in [2.45, 2.75) is 52.9 Å². The molecular weight excluding hydrogens is 340 g/mol. The second kappa shape index (κ2) is 10.2. The summed E-state index contributed by atoms with van der Waals surface area (Å²) < 4.78 is 0. The Labute approximate surface area is 171 Å². The minimum Gasteiger partial charge on any atom is -0.296 e. The molecule has 1 unspecified atom stereocenters. The van der Waals surface area contributed by atoms with Crippen LogP contribution >= 0.6 is 0 Å². The first-order chi connectivity index (χ1) is 13.4. The van der Waals surface area contributed by atoms with Gasteiger partial charge in [-0.3, -0.25) is 4.90 Å². The molecule has 0 aliphatic heterocycles. The zero-order valence-electron chi connectivity index (χ0n) is 18.1. The summed E-state index contributed by atoms with van der Waals surface area (Å²) in [5, 5.41) is 12.7. The maximum atomic E-state index is 10.2. The molecule has 0 radical (unpaired) electrons. The van der Waals surface area contributed by atoms with Crippen molar-refractivity contribution >= 4 is 10.8 Å². The molecule has 0 aromatic heterocycles. The van der Waals surface area contributed by atoms with Gasteiger partial charge in [-0.05, 0) is 56.9 Å². The zero-order chi connectivity index (χ0) is 20.6. The third-order valence-electron chi connectivity index (χ3n) is 5.49. The van der Waals surface area contributed by atoms with E-state index in [0.717, 1.165) is 32.5 Å². The Hall–Kier alpha value is -2.37. The van der Waals surface area contributed by atoms with Crippen LogP contribution in [0.3, 0.4) is 0 Å².